The maximum absolute atomic E-state index is 12.4. The van der Waals surface area contributed by atoms with Gasteiger partial charge in [0.1, 0.15) is 11.4 Å². The van der Waals surface area contributed by atoms with Gasteiger partial charge in [0.25, 0.3) is 5.56 Å². The van der Waals surface area contributed by atoms with Crippen LogP contribution >= 0.6 is 0 Å². The van der Waals surface area contributed by atoms with Gasteiger partial charge in [-0.25, -0.2) is 9.78 Å². The van der Waals surface area contributed by atoms with Crippen molar-refractivity contribution in [1.82, 2.24) is 15.3 Å². The lowest BCUT2D eigenvalue weighted by molar-refractivity contribution is 0.0501. The number of carbonyl (C=O) groups is 1. The number of ether oxygens (including phenoxy) is 1. The third kappa shape index (κ3) is 6.04. The van der Waals surface area contributed by atoms with Gasteiger partial charge in [0.2, 0.25) is 0 Å². The molecule has 0 spiro atoms. The fourth-order valence-corrected chi connectivity index (χ4v) is 2.91. The molecule has 1 atom stereocenters. The van der Waals surface area contributed by atoms with E-state index in [0.717, 1.165) is 11.1 Å². The fraction of sp³-hybridized carbons (Fsp3) is 0.261. The maximum Gasteiger partial charge on any atom is 0.408 e. The van der Waals surface area contributed by atoms with Crippen molar-refractivity contribution in [3.05, 3.63) is 88.5 Å². The molecule has 150 valence electrons. The van der Waals surface area contributed by atoms with Crippen molar-refractivity contribution in [2.75, 3.05) is 0 Å². The van der Waals surface area contributed by atoms with Crippen LogP contribution in [0.15, 0.2) is 71.5 Å². The molecule has 6 heteroatoms. The van der Waals surface area contributed by atoms with E-state index in [4.69, 9.17) is 4.74 Å². The molecule has 2 aromatic carbocycles. The Hall–Kier alpha value is -3.41. The van der Waals surface area contributed by atoms with Gasteiger partial charge in [0.15, 0.2) is 0 Å². The second kappa shape index (κ2) is 8.73. The number of hydrogen-bond acceptors (Lipinski definition) is 4. The predicted octanol–water partition coefficient (Wildman–Crippen LogP) is 4.25. The number of rotatable bonds is 5. The minimum atomic E-state index is -0.631. The highest BCUT2D eigenvalue weighted by atomic mass is 16.6. The molecule has 0 unspecified atom stereocenters. The van der Waals surface area contributed by atoms with E-state index < -0.39 is 17.7 Å². The zero-order valence-electron chi connectivity index (χ0n) is 16.8. The van der Waals surface area contributed by atoms with Crippen LogP contribution < -0.4 is 10.9 Å². The molecule has 0 aliphatic heterocycles. The minimum absolute atomic E-state index is 0.280. The summed E-state index contributed by atoms with van der Waals surface area (Å²) >= 11 is 0. The number of aromatic amines is 1. The highest BCUT2D eigenvalue weighted by molar-refractivity contribution is 5.68. The quantitative estimate of drug-likeness (QED) is 0.681. The number of H-pyrrole nitrogens is 1. The van der Waals surface area contributed by atoms with Crippen LogP contribution in [0.3, 0.4) is 0 Å². The third-order valence-electron chi connectivity index (χ3n) is 4.13. The molecule has 0 aliphatic rings. The Bertz CT molecular complexity index is 1010. The first-order valence-corrected chi connectivity index (χ1v) is 9.50. The SMILES string of the molecule is CC(C)(C)OC(=O)N[C@@H](Cc1ccccc1)c1nc(-c2ccccc2)cc(=O)[nH]1. The number of nitrogens with zero attached hydrogens (tertiary/aromatic N) is 1. The highest BCUT2D eigenvalue weighted by Gasteiger charge is 2.23. The summed E-state index contributed by atoms with van der Waals surface area (Å²) in [6, 6.07) is 20.1. The molecule has 0 saturated heterocycles. The molecule has 0 bridgehead atoms. The Morgan fingerprint density at radius 1 is 1.07 bits per heavy atom. The molecule has 3 rings (SSSR count). The van der Waals surface area contributed by atoms with Crippen molar-refractivity contribution in [3.63, 3.8) is 0 Å². The highest BCUT2D eigenvalue weighted by Crippen LogP contribution is 2.20. The normalized spacial score (nSPS) is 12.2. The van der Waals surface area contributed by atoms with Crippen molar-refractivity contribution in [3.8, 4) is 11.3 Å². The van der Waals surface area contributed by atoms with Gasteiger partial charge in [-0.15, -0.1) is 0 Å². The first-order valence-electron chi connectivity index (χ1n) is 9.50. The van der Waals surface area contributed by atoms with Crippen molar-refractivity contribution in [2.24, 2.45) is 0 Å². The standard InChI is InChI=1S/C23H25N3O3/c1-23(2,3)29-22(28)25-19(14-16-10-6-4-7-11-16)21-24-18(15-20(27)26-21)17-12-8-5-9-13-17/h4-13,15,19H,14H2,1-3H3,(H,25,28)(H,24,26,27)/t19-/m0/s1. The van der Waals surface area contributed by atoms with Crippen LogP contribution in [0.5, 0.6) is 0 Å². The Morgan fingerprint density at radius 3 is 2.31 bits per heavy atom. The average Bonchev–Trinajstić information content (AvgIpc) is 2.67. The van der Waals surface area contributed by atoms with E-state index in [2.05, 4.69) is 15.3 Å². The molecule has 0 radical (unpaired) electrons. The van der Waals surface area contributed by atoms with Crippen molar-refractivity contribution < 1.29 is 9.53 Å². The van der Waals surface area contributed by atoms with Crippen LogP contribution in [0.1, 0.15) is 38.2 Å². The average molecular weight is 391 g/mol. The van der Waals surface area contributed by atoms with E-state index in [1.165, 1.54) is 6.07 Å². The smallest absolute Gasteiger partial charge is 0.408 e. The molecule has 6 nitrogen and oxygen atoms in total. The van der Waals surface area contributed by atoms with Crippen LogP contribution in [-0.2, 0) is 11.2 Å². The molecule has 1 amide bonds. The number of carbonyl (C=O) groups excluding carboxylic acids is 1. The van der Waals surface area contributed by atoms with E-state index in [9.17, 15) is 9.59 Å². The second-order valence-corrected chi connectivity index (χ2v) is 7.77. The predicted molar refractivity (Wildman–Crippen MR) is 113 cm³/mol. The summed E-state index contributed by atoms with van der Waals surface area (Å²) in [7, 11) is 0. The zero-order chi connectivity index (χ0) is 20.9. The first-order chi connectivity index (χ1) is 13.8. The Balaban J connectivity index is 1.95. The third-order valence-corrected chi connectivity index (χ3v) is 4.13. The minimum Gasteiger partial charge on any atom is -0.444 e. The van der Waals surface area contributed by atoms with Crippen molar-refractivity contribution in [1.29, 1.82) is 0 Å². The summed E-state index contributed by atoms with van der Waals surface area (Å²) in [5.41, 5.74) is 1.47. The van der Waals surface area contributed by atoms with Gasteiger partial charge >= 0.3 is 6.09 Å². The summed E-state index contributed by atoms with van der Waals surface area (Å²) in [6.07, 6.45) is -0.104. The van der Waals surface area contributed by atoms with Gasteiger partial charge in [0, 0.05) is 18.1 Å². The Morgan fingerprint density at radius 2 is 1.69 bits per heavy atom. The molecular weight excluding hydrogens is 366 g/mol. The monoisotopic (exact) mass is 391 g/mol. The molecule has 0 fully saturated rings. The van der Waals surface area contributed by atoms with Crippen LogP contribution in [0.25, 0.3) is 11.3 Å². The summed E-state index contributed by atoms with van der Waals surface area (Å²) in [6.45, 7) is 5.40. The molecular formula is C23H25N3O3. The molecule has 1 aromatic heterocycles. The number of benzene rings is 2. The summed E-state index contributed by atoms with van der Waals surface area (Å²) in [5.74, 6) is 0.381. The van der Waals surface area contributed by atoms with Gasteiger partial charge in [-0.05, 0) is 26.3 Å². The topological polar surface area (TPSA) is 84.1 Å². The van der Waals surface area contributed by atoms with Crippen LogP contribution in [0.4, 0.5) is 4.79 Å². The van der Waals surface area contributed by atoms with Crippen LogP contribution in [-0.4, -0.2) is 21.7 Å². The van der Waals surface area contributed by atoms with E-state index in [-0.39, 0.29) is 5.56 Å². The Kier molecular flexibility index (Phi) is 6.12. The Labute approximate surface area is 170 Å². The summed E-state index contributed by atoms with van der Waals surface area (Å²) in [5, 5.41) is 2.85. The first kappa shape index (κ1) is 20.3. The summed E-state index contributed by atoms with van der Waals surface area (Å²) < 4.78 is 5.40. The van der Waals surface area contributed by atoms with Crippen LogP contribution in [0.2, 0.25) is 0 Å². The molecule has 3 aromatic rings. The van der Waals surface area contributed by atoms with Gasteiger partial charge in [-0.2, -0.15) is 0 Å². The number of alkyl carbamates (subject to hydrolysis) is 1. The van der Waals surface area contributed by atoms with E-state index in [0.29, 0.717) is 17.9 Å². The van der Waals surface area contributed by atoms with Gasteiger partial charge in [-0.1, -0.05) is 60.7 Å². The maximum atomic E-state index is 12.4. The number of hydrogen-bond donors (Lipinski definition) is 2. The van der Waals surface area contributed by atoms with Crippen molar-refractivity contribution in [2.45, 2.75) is 38.8 Å². The van der Waals surface area contributed by atoms with Gasteiger partial charge in [-0.3, -0.25) is 4.79 Å². The van der Waals surface area contributed by atoms with Crippen LogP contribution in [0, 0.1) is 0 Å². The molecule has 2 N–H and O–H groups in total. The van der Waals surface area contributed by atoms with Gasteiger partial charge in [0.05, 0.1) is 11.7 Å². The summed E-state index contributed by atoms with van der Waals surface area (Å²) in [4.78, 5) is 32.1. The number of amides is 1. The van der Waals surface area contributed by atoms with Crippen molar-refractivity contribution >= 4 is 6.09 Å². The lowest BCUT2D eigenvalue weighted by Gasteiger charge is -2.23. The second-order valence-electron chi connectivity index (χ2n) is 7.77. The lowest BCUT2D eigenvalue weighted by Crippen LogP contribution is -2.37. The number of nitrogens with one attached hydrogen (secondary N) is 2. The molecule has 0 saturated carbocycles. The van der Waals surface area contributed by atoms with E-state index in [1.54, 1.807) is 20.8 Å². The number of aromatic nitrogens is 2. The fourth-order valence-electron chi connectivity index (χ4n) is 2.91. The van der Waals surface area contributed by atoms with Gasteiger partial charge < -0.3 is 15.0 Å². The zero-order valence-corrected chi connectivity index (χ0v) is 16.8. The lowest BCUT2D eigenvalue weighted by atomic mass is 10.0. The largest absolute Gasteiger partial charge is 0.444 e. The molecule has 1 heterocycles. The van der Waals surface area contributed by atoms with E-state index >= 15 is 0 Å². The molecule has 0 aliphatic carbocycles. The van der Waals surface area contributed by atoms with E-state index in [1.807, 2.05) is 60.7 Å². The molecule has 29 heavy (non-hydrogen) atoms.